The third-order valence-electron chi connectivity index (χ3n) is 12.5. The van der Waals surface area contributed by atoms with Gasteiger partial charge in [0.1, 0.15) is 5.78 Å². The fraction of sp³-hybridized carbons (Fsp3) is 0.761. The molecule has 3 aliphatic carbocycles. The Morgan fingerprint density at radius 3 is 2.27 bits per heavy atom. The second-order valence-corrected chi connectivity index (χ2v) is 17.1. The molecule has 3 fully saturated rings. The molecule has 5 atom stereocenters. The van der Waals surface area contributed by atoms with Crippen molar-refractivity contribution in [3.05, 3.63) is 59.8 Å². The van der Waals surface area contributed by atoms with Gasteiger partial charge in [0.25, 0.3) is 0 Å². The van der Waals surface area contributed by atoms with Crippen LogP contribution in [0.25, 0.3) is 0 Å². The first-order valence-electron chi connectivity index (χ1n) is 20.7. The average molecular weight is 660 g/mol. The third-order valence-corrected chi connectivity index (χ3v) is 12.5. The molecule has 3 aliphatic rings. The first kappa shape index (κ1) is 40.8. The van der Waals surface area contributed by atoms with Gasteiger partial charge < -0.3 is 4.90 Å². The van der Waals surface area contributed by atoms with Crippen molar-refractivity contribution >= 4 is 5.78 Å². The van der Waals surface area contributed by atoms with Gasteiger partial charge in [0.05, 0.1) is 0 Å². The van der Waals surface area contributed by atoms with E-state index in [9.17, 15) is 4.79 Å². The van der Waals surface area contributed by atoms with Crippen LogP contribution in [0.3, 0.4) is 0 Å². The van der Waals surface area contributed by atoms with E-state index in [0.29, 0.717) is 11.2 Å². The monoisotopic (exact) mass is 660 g/mol. The highest BCUT2D eigenvalue weighted by Gasteiger charge is 2.50. The summed E-state index contributed by atoms with van der Waals surface area (Å²) in [6.45, 7) is 15.6. The van der Waals surface area contributed by atoms with Gasteiger partial charge in [0.2, 0.25) is 0 Å². The van der Waals surface area contributed by atoms with E-state index in [4.69, 9.17) is 0 Å². The van der Waals surface area contributed by atoms with Crippen molar-refractivity contribution in [2.45, 2.75) is 169 Å². The maximum Gasteiger partial charge on any atom is 0.136 e. The van der Waals surface area contributed by atoms with Crippen LogP contribution in [0.1, 0.15) is 169 Å². The Morgan fingerprint density at radius 1 is 0.854 bits per heavy atom. The van der Waals surface area contributed by atoms with E-state index in [1.54, 1.807) is 5.57 Å². The number of allylic oxidation sites excluding steroid dienone is 9. The van der Waals surface area contributed by atoms with E-state index in [-0.39, 0.29) is 5.92 Å². The SMILES string of the molecule is C=C1CC[C@H](C(=O)CCCCCC/C=C/C/C=C\CCCCCN(C)C)C/C1=C\C=C1/CCC[C@@]2(C)C1CC[C@@H]2[C@H](C)CCCC(C)C. The molecule has 0 spiro atoms. The lowest BCUT2D eigenvalue weighted by Gasteiger charge is -2.44. The van der Waals surface area contributed by atoms with Crippen molar-refractivity contribution in [2.75, 3.05) is 20.6 Å². The number of fused-ring (bicyclic) bond motifs is 1. The number of Topliss-reactive ketones (excluding diaryl/α,β-unsaturated/α-hetero) is 1. The standard InChI is InChI=1S/C46H77NO/c1-37(2)24-22-25-39(4)43-32-33-44-40(26-23-34-46(43,44)5)30-31-41-36-42(29-28-38(41)3)45(48)27-20-18-16-14-12-10-8-9-11-13-15-17-19-21-35-47(6)7/h8,10-11,13,30-31,37,39,42-44H,3,9,12,14-29,32-36H2,1-2,4-7H3/b10-8+,13-11-,40-30+,41-31+/t39-,42+,43-,44?,46-/m1/s1. The molecule has 0 heterocycles. The first-order valence-corrected chi connectivity index (χ1v) is 20.7. The lowest BCUT2D eigenvalue weighted by atomic mass is 9.60. The minimum atomic E-state index is 0.202. The number of nitrogens with zero attached hydrogens (tertiary/aromatic N) is 1. The Bertz CT molecular complexity index is 1070. The number of carbonyl (C=O) groups excluding carboxylic acids is 1. The summed E-state index contributed by atoms with van der Waals surface area (Å²) in [7, 11) is 4.30. The molecule has 0 bridgehead atoms. The van der Waals surface area contributed by atoms with Crippen molar-refractivity contribution in [1.82, 2.24) is 4.90 Å². The molecule has 0 aromatic heterocycles. The zero-order chi connectivity index (χ0) is 34.8. The van der Waals surface area contributed by atoms with Crippen molar-refractivity contribution < 1.29 is 4.79 Å². The van der Waals surface area contributed by atoms with Crippen LogP contribution in [0.15, 0.2) is 59.8 Å². The van der Waals surface area contributed by atoms with Crippen LogP contribution in [-0.2, 0) is 4.79 Å². The van der Waals surface area contributed by atoms with Crippen molar-refractivity contribution in [3.8, 4) is 0 Å². The fourth-order valence-electron chi connectivity index (χ4n) is 9.45. The maximum atomic E-state index is 13.2. The van der Waals surface area contributed by atoms with Crippen molar-refractivity contribution in [2.24, 2.45) is 35.0 Å². The smallest absolute Gasteiger partial charge is 0.136 e. The van der Waals surface area contributed by atoms with E-state index in [1.807, 2.05) is 0 Å². The molecular formula is C46H77NO. The normalized spacial score (nSPS) is 27.3. The summed E-state index contributed by atoms with van der Waals surface area (Å²) < 4.78 is 0. The molecule has 1 unspecified atom stereocenters. The highest BCUT2D eigenvalue weighted by molar-refractivity contribution is 5.81. The molecular weight excluding hydrogens is 583 g/mol. The average Bonchev–Trinajstić information content (AvgIpc) is 3.41. The molecule has 272 valence electrons. The van der Waals surface area contributed by atoms with Crippen LogP contribution in [0, 0.1) is 35.0 Å². The van der Waals surface area contributed by atoms with Gasteiger partial charge in [-0.25, -0.2) is 0 Å². The Balaban J connectivity index is 1.34. The van der Waals surface area contributed by atoms with Gasteiger partial charge in [-0.1, -0.05) is 120 Å². The van der Waals surface area contributed by atoms with E-state index in [1.165, 1.54) is 120 Å². The van der Waals surface area contributed by atoms with Gasteiger partial charge in [-0.3, -0.25) is 4.79 Å². The first-order chi connectivity index (χ1) is 23.1. The molecule has 3 rings (SSSR count). The summed E-state index contributed by atoms with van der Waals surface area (Å²) in [5.41, 5.74) is 4.80. The van der Waals surface area contributed by atoms with Crippen LogP contribution in [0.4, 0.5) is 0 Å². The Kier molecular flexibility index (Phi) is 18.9. The van der Waals surface area contributed by atoms with Gasteiger partial charge in [-0.2, -0.15) is 0 Å². The zero-order valence-corrected chi connectivity index (χ0v) is 32.7. The summed E-state index contributed by atoms with van der Waals surface area (Å²) in [5.74, 6) is 3.99. The summed E-state index contributed by atoms with van der Waals surface area (Å²) in [6.07, 6.45) is 40.9. The molecule has 0 saturated heterocycles. The minimum Gasteiger partial charge on any atom is -0.309 e. The number of hydrogen-bond acceptors (Lipinski definition) is 2. The molecule has 48 heavy (non-hydrogen) atoms. The second-order valence-electron chi connectivity index (χ2n) is 17.1. The van der Waals surface area contributed by atoms with E-state index in [2.05, 4.69) is 89.7 Å². The minimum absolute atomic E-state index is 0.202. The lowest BCUT2D eigenvalue weighted by Crippen LogP contribution is -2.36. The Morgan fingerprint density at radius 2 is 1.56 bits per heavy atom. The van der Waals surface area contributed by atoms with Crippen LogP contribution >= 0.6 is 0 Å². The van der Waals surface area contributed by atoms with Crippen molar-refractivity contribution in [1.29, 1.82) is 0 Å². The summed E-state index contributed by atoms with van der Waals surface area (Å²) in [5, 5.41) is 0. The highest BCUT2D eigenvalue weighted by Crippen LogP contribution is 2.60. The number of ketones is 1. The topological polar surface area (TPSA) is 20.3 Å². The number of unbranched alkanes of at least 4 members (excludes halogenated alkanes) is 7. The number of hydrogen-bond donors (Lipinski definition) is 0. The quantitative estimate of drug-likeness (QED) is 0.0851. The van der Waals surface area contributed by atoms with E-state index >= 15 is 0 Å². The number of rotatable bonds is 22. The second kappa shape index (κ2) is 22.2. The lowest BCUT2D eigenvalue weighted by molar-refractivity contribution is -0.123. The van der Waals surface area contributed by atoms with Gasteiger partial charge in [0, 0.05) is 12.3 Å². The summed E-state index contributed by atoms with van der Waals surface area (Å²) in [4.78, 5) is 15.5. The number of carbonyl (C=O) groups is 1. The van der Waals surface area contributed by atoms with Crippen LogP contribution in [-0.4, -0.2) is 31.3 Å². The van der Waals surface area contributed by atoms with Gasteiger partial charge >= 0.3 is 0 Å². The highest BCUT2D eigenvalue weighted by atomic mass is 16.1. The molecule has 3 saturated carbocycles. The van der Waals surface area contributed by atoms with Gasteiger partial charge in [0.15, 0.2) is 0 Å². The van der Waals surface area contributed by atoms with E-state index < -0.39 is 0 Å². The third kappa shape index (κ3) is 13.9. The van der Waals surface area contributed by atoms with E-state index in [0.717, 1.165) is 62.2 Å². The molecule has 0 aromatic rings. The van der Waals surface area contributed by atoms with Crippen LogP contribution in [0.5, 0.6) is 0 Å². The fourth-order valence-corrected chi connectivity index (χ4v) is 9.45. The maximum absolute atomic E-state index is 13.2. The summed E-state index contributed by atoms with van der Waals surface area (Å²) in [6, 6.07) is 0. The molecule has 0 amide bonds. The Labute approximate surface area is 299 Å². The zero-order valence-electron chi connectivity index (χ0n) is 32.7. The van der Waals surface area contributed by atoms with Gasteiger partial charge in [-0.05, 0) is 152 Å². The molecule has 0 aromatic carbocycles. The molecule has 0 radical (unpaired) electrons. The molecule has 2 heteroatoms. The molecule has 2 nitrogen and oxygen atoms in total. The van der Waals surface area contributed by atoms with Crippen LogP contribution in [0.2, 0.25) is 0 Å². The predicted molar refractivity (Wildman–Crippen MR) is 211 cm³/mol. The Hall–Kier alpha value is -1.67. The summed E-state index contributed by atoms with van der Waals surface area (Å²) >= 11 is 0. The largest absolute Gasteiger partial charge is 0.309 e. The van der Waals surface area contributed by atoms with Crippen LogP contribution < -0.4 is 0 Å². The predicted octanol–water partition coefficient (Wildman–Crippen LogP) is 13.4. The van der Waals surface area contributed by atoms with Gasteiger partial charge in [-0.15, -0.1) is 0 Å². The molecule has 0 N–H and O–H groups in total. The van der Waals surface area contributed by atoms with Crippen molar-refractivity contribution in [3.63, 3.8) is 0 Å². The molecule has 0 aliphatic heterocycles.